The van der Waals surface area contributed by atoms with Crippen LogP contribution in [0.1, 0.15) is 18.5 Å². The summed E-state index contributed by atoms with van der Waals surface area (Å²) in [7, 11) is 2.20. The van der Waals surface area contributed by atoms with E-state index in [-0.39, 0.29) is 0 Å². The summed E-state index contributed by atoms with van der Waals surface area (Å²) in [6.45, 7) is 0.877. The standard InChI is InChI=1S/C15H20N4S/c1-18(14-7-9-20-10-8-14)11-13-12-19(17-16-13)15-5-3-2-4-6-15/h2-6,12,14H,7-11H2,1H3. The van der Waals surface area contributed by atoms with Gasteiger partial charge in [-0.15, -0.1) is 5.10 Å². The molecule has 1 fully saturated rings. The van der Waals surface area contributed by atoms with Gasteiger partial charge < -0.3 is 0 Å². The molecule has 1 aliphatic heterocycles. The molecule has 1 aromatic carbocycles. The van der Waals surface area contributed by atoms with Crippen molar-refractivity contribution in [3.8, 4) is 5.69 Å². The van der Waals surface area contributed by atoms with Gasteiger partial charge in [-0.1, -0.05) is 23.4 Å². The summed E-state index contributed by atoms with van der Waals surface area (Å²) in [4.78, 5) is 2.42. The fourth-order valence-corrected chi connectivity index (χ4v) is 3.67. The number of nitrogens with zero attached hydrogens (tertiary/aromatic N) is 4. The van der Waals surface area contributed by atoms with E-state index in [1.807, 2.05) is 41.2 Å². The van der Waals surface area contributed by atoms with Crippen molar-refractivity contribution in [3.05, 3.63) is 42.2 Å². The van der Waals surface area contributed by atoms with Crippen molar-refractivity contribution in [3.63, 3.8) is 0 Å². The van der Waals surface area contributed by atoms with Crippen LogP contribution in [0.5, 0.6) is 0 Å². The molecule has 0 unspecified atom stereocenters. The number of para-hydroxylation sites is 1. The smallest absolute Gasteiger partial charge is 0.0971 e. The molecule has 0 N–H and O–H groups in total. The molecule has 1 aromatic heterocycles. The van der Waals surface area contributed by atoms with Gasteiger partial charge in [-0.25, -0.2) is 4.68 Å². The zero-order chi connectivity index (χ0) is 13.8. The quantitative estimate of drug-likeness (QED) is 0.866. The molecule has 3 rings (SSSR count). The van der Waals surface area contributed by atoms with Gasteiger partial charge >= 0.3 is 0 Å². The first kappa shape index (κ1) is 13.6. The first-order valence-electron chi connectivity index (χ1n) is 7.07. The van der Waals surface area contributed by atoms with Crippen molar-refractivity contribution in [1.29, 1.82) is 0 Å². The third kappa shape index (κ3) is 3.22. The maximum Gasteiger partial charge on any atom is 0.0971 e. The SMILES string of the molecule is CN(Cc1cn(-c2ccccc2)nn1)C1CCSCC1. The van der Waals surface area contributed by atoms with Gasteiger partial charge in [0.05, 0.1) is 17.6 Å². The van der Waals surface area contributed by atoms with Crippen LogP contribution in [-0.2, 0) is 6.54 Å². The lowest BCUT2D eigenvalue weighted by molar-refractivity contribution is 0.219. The Kier molecular flexibility index (Phi) is 4.38. The zero-order valence-electron chi connectivity index (χ0n) is 11.8. The summed E-state index contributed by atoms with van der Waals surface area (Å²) in [5.74, 6) is 2.57. The monoisotopic (exact) mass is 288 g/mol. The average Bonchev–Trinajstić information content (AvgIpc) is 2.97. The van der Waals surface area contributed by atoms with Gasteiger partial charge in [0.1, 0.15) is 0 Å². The van der Waals surface area contributed by atoms with Crippen molar-refractivity contribution >= 4 is 11.8 Å². The van der Waals surface area contributed by atoms with Crippen molar-refractivity contribution < 1.29 is 0 Å². The molecule has 2 aromatic rings. The Hall–Kier alpha value is -1.33. The topological polar surface area (TPSA) is 34.0 Å². The van der Waals surface area contributed by atoms with Gasteiger partial charge in [0.15, 0.2) is 0 Å². The average molecular weight is 288 g/mol. The van der Waals surface area contributed by atoms with Gasteiger partial charge in [-0.05, 0) is 43.5 Å². The van der Waals surface area contributed by atoms with Crippen molar-refractivity contribution in [2.24, 2.45) is 0 Å². The van der Waals surface area contributed by atoms with E-state index >= 15 is 0 Å². The summed E-state index contributed by atoms with van der Waals surface area (Å²) in [6, 6.07) is 10.8. The molecule has 4 nitrogen and oxygen atoms in total. The van der Waals surface area contributed by atoms with Gasteiger partial charge in [-0.2, -0.15) is 11.8 Å². The lowest BCUT2D eigenvalue weighted by atomic mass is 10.1. The van der Waals surface area contributed by atoms with Crippen LogP contribution in [0.25, 0.3) is 5.69 Å². The molecule has 2 heterocycles. The first-order chi connectivity index (χ1) is 9.83. The van der Waals surface area contributed by atoms with Crippen molar-refractivity contribution in [2.75, 3.05) is 18.6 Å². The molecule has 0 aliphatic carbocycles. The molecule has 0 saturated carbocycles. The molecule has 0 radical (unpaired) electrons. The van der Waals surface area contributed by atoms with Crippen LogP contribution in [0.3, 0.4) is 0 Å². The fourth-order valence-electron chi connectivity index (χ4n) is 2.59. The number of benzene rings is 1. The normalized spacial score (nSPS) is 16.7. The van der Waals surface area contributed by atoms with Crippen LogP contribution in [0.4, 0.5) is 0 Å². The fraction of sp³-hybridized carbons (Fsp3) is 0.467. The highest BCUT2D eigenvalue weighted by molar-refractivity contribution is 7.99. The van der Waals surface area contributed by atoms with E-state index in [4.69, 9.17) is 0 Å². The van der Waals surface area contributed by atoms with E-state index in [0.29, 0.717) is 6.04 Å². The minimum Gasteiger partial charge on any atom is -0.297 e. The summed E-state index contributed by atoms with van der Waals surface area (Å²) >= 11 is 2.07. The summed E-state index contributed by atoms with van der Waals surface area (Å²) in [6.07, 6.45) is 4.60. The Morgan fingerprint density at radius 1 is 1.25 bits per heavy atom. The lowest BCUT2D eigenvalue weighted by Gasteiger charge is -2.30. The highest BCUT2D eigenvalue weighted by Gasteiger charge is 2.19. The van der Waals surface area contributed by atoms with Crippen molar-refractivity contribution in [2.45, 2.75) is 25.4 Å². The minimum atomic E-state index is 0.693. The molecular weight excluding hydrogens is 268 g/mol. The number of hydrogen-bond acceptors (Lipinski definition) is 4. The molecule has 0 atom stereocenters. The van der Waals surface area contributed by atoms with Crippen LogP contribution in [0.15, 0.2) is 36.5 Å². The Balaban J connectivity index is 1.65. The van der Waals surface area contributed by atoms with E-state index < -0.39 is 0 Å². The predicted molar refractivity (Wildman–Crippen MR) is 83.2 cm³/mol. The largest absolute Gasteiger partial charge is 0.297 e. The molecule has 5 heteroatoms. The molecule has 106 valence electrons. The summed E-state index contributed by atoms with van der Waals surface area (Å²) in [5, 5.41) is 8.51. The third-order valence-electron chi connectivity index (χ3n) is 3.79. The molecule has 1 aliphatic rings. The van der Waals surface area contributed by atoms with Crippen LogP contribution in [0.2, 0.25) is 0 Å². The Morgan fingerprint density at radius 2 is 2.00 bits per heavy atom. The number of aromatic nitrogens is 3. The van der Waals surface area contributed by atoms with E-state index in [1.165, 1.54) is 24.3 Å². The second-order valence-electron chi connectivity index (χ2n) is 5.25. The highest BCUT2D eigenvalue weighted by atomic mass is 32.2. The van der Waals surface area contributed by atoms with E-state index in [2.05, 4.69) is 34.0 Å². The molecule has 0 bridgehead atoms. The van der Waals surface area contributed by atoms with Gasteiger partial charge in [-0.3, -0.25) is 4.90 Å². The molecule has 0 spiro atoms. The maximum atomic E-state index is 4.29. The first-order valence-corrected chi connectivity index (χ1v) is 8.23. The Bertz CT molecular complexity index is 534. The van der Waals surface area contributed by atoms with Gasteiger partial charge in [0.2, 0.25) is 0 Å². The third-order valence-corrected chi connectivity index (χ3v) is 4.84. The Morgan fingerprint density at radius 3 is 2.75 bits per heavy atom. The zero-order valence-corrected chi connectivity index (χ0v) is 12.6. The van der Waals surface area contributed by atoms with E-state index in [1.54, 1.807) is 0 Å². The summed E-state index contributed by atoms with van der Waals surface area (Å²) < 4.78 is 1.85. The minimum absolute atomic E-state index is 0.693. The van der Waals surface area contributed by atoms with E-state index in [9.17, 15) is 0 Å². The predicted octanol–water partition coefficient (Wildman–Crippen LogP) is 2.59. The highest BCUT2D eigenvalue weighted by Crippen LogP contribution is 2.21. The molecule has 0 amide bonds. The lowest BCUT2D eigenvalue weighted by Crippen LogP contribution is -2.34. The van der Waals surface area contributed by atoms with Crippen LogP contribution in [-0.4, -0.2) is 44.5 Å². The second kappa shape index (κ2) is 6.41. The number of hydrogen-bond donors (Lipinski definition) is 0. The Labute approximate surface area is 124 Å². The molecular formula is C15H20N4S. The second-order valence-corrected chi connectivity index (χ2v) is 6.47. The number of rotatable bonds is 4. The van der Waals surface area contributed by atoms with E-state index in [0.717, 1.165) is 17.9 Å². The summed E-state index contributed by atoms with van der Waals surface area (Å²) in [5.41, 5.74) is 2.09. The van der Waals surface area contributed by atoms with Crippen LogP contribution in [0, 0.1) is 0 Å². The number of thioether (sulfide) groups is 1. The van der Waals surface area contributed by atoms with Gasteiger partial charge in [0, 0.05) is 12.6 Å². The molecule has 1 saturated heterocycles. The van der Waals surface area contributed by atoms with Crippen molar-refractivity contribution in [1.82, 2.24) is 19.9 Å². The van der Waals surface area contributed by atoms with Crippen LogP contribution >= 0.6 is 11.8 Å². The maximum absolute atomic E-state index is 4.29. The van der Waals surface area contributed by atoms with Crippen LogP contribution < -0.4 is 0 Å². The van der Waals surface area contributed by atoms with Gasteiger partial charge in [0.25, 0.3) is 0 Å². The molecule has 20 heavy (non-hydrogen) atoms.